The molecule has 1 aromatic carbocycles. The third-order valence-corrected chi connectivity index (χ3v) is 7.34. The van der Waals surface area contributed by atoms with Crippen LogP contribution in [0.5, 0.6) is 0 Å². The van der Waals surface area contributed by atoms with Crippen LogP contribution in [-0.2, 0) is 16.9 Å². The number of benzene rings is 1. The van der Waals surface area contributed by atoms with Crippen molar-refractivity contribution in [1.82, 2.24) is 10.2 Å². The summed E-state index contributed by atoms with van der Waals surface area (Å²) in [7, 11) is 1.65. The van der Waals surface area contributed by atoms with E-state index in [-0.39, 0.29) is 11.5 Å². The molecule has 4 rings (SSSR count). The molecule has 3 atom stereocenters. The van der Waals surface area contributed by atoms with Gasteiger partial charge in [0.1, 0.15) is 11.7 Å². The fourth-order valence-corrected chi connectivity index (χ4v) is 5.86. The lowest BCUT2D eigenvalue weighted by Crippen LogP contribution is -2.50. The first-order valence-corrected chi connectivity index (χ1v) is 10.8. The number of piperidine rings is 1. The Morgan fingerprint density at radius 3 is 3.04 bits per heavy atom. The van der Waals surface area contributed by atoms with Crippen molar-refractivity contribution in [2.24, 2.45) is 0 Å². The number of aliphatic hydroxyl groups excluding tert-OH is 1. The molecular weight excluding hydrogens is 396 g/mol. The first-order valence-electron chi connectivity index (χ1n) is 9.58. The van der Waals surface area contributed by atoms with Crippen molar-refractivity contribution in [3.63, 3.8) is 0 Å². The normalized spacial score (nSPS) is 27.6. The highest BCUT2D eigenvalue weighted by molar-refractivity contribution is 7.16. The molecule has 0 radical (unpaired) electrons. The predicted molar refractivity (Wildman–Crippen MR) is 111 cm³/mol. The number of hydrogen-bond donors (Lipinski definition) is 2. The van der Waals surface area contributed by atoms with E-state index in [4.69, 9.17) is 16.3 Å². The molecule has 150 valence electrons. The van der Waals surface area contributed by atoms with Gasteiger partial charge in [-0.2, -0.15) is 0 Å². The van der Waals surface area contributed by atoms with Crippen molar-refractivity contribution in [2.75, 3.05) is 20.2 Å². The minimum atomic E-state index is -0.592. The van der Waals surface area contributed by atoms with E-state index in [9.17, 15) is 9.90 Å². The van der Waals surface area contributed by atoms with Crippen LogP contribution >= 0.6 is 22.9 Å². The van der Waals surface area contributed by atoms with E-state index >= 15 is 0 Å². The van der Waals surface area contributed by atoms with Crippen molar-refractivity contribution < 1.29 is 14.6 Å². The highest BCUT2D eigenvalue weighted by atomic mass is 35.5. The summed E-state index contributed by atoms with van der Waals surface area (Å²) < 4.78 is 6.92. The lowest BCUT2D eigenvalue weighted by atomic mass is 9.81. The van der Waals surface area contributed by atoms with Gasteiger partial charge in [-0.25, -0.2) is 0 Å². The Hall–Kier alpha value is -1.44. The number of likely N-dealkylation sites (tertiary alicyclic amines) is 1. The molecule has 2 aromatic rings. The molecule has 7 heteroatoms. The summed E-state index contributed by atoms with van der Waals surface area (Å²) >= 11 is 7.78. The summed E-state index contributed by atoms with van der Waals surface area (Å²) in [6.07, 6.45) is 1.13. The van der Waals surface area contributed by atoms with Crippen molar-refractivity contribution in [3.8, 4) is 0 Å². The first kappa shape index (κ1) is 19.9. The lowest BCUT2D eigenvalue weighted by Gasteiger charge is -2.47. The molecule has 0 bridgehead atoms. The second-order valence-electron chi connectivity index (χ2n) is 7.71. The number of fused-ring (bicyclic) bond motifs is 2. The summed E-state index contributed by atoms with van der Waals surface area (Å²) in [5, 5.41) is 12.9. The Bertz CT molecular complexity index is 886. The van der Waals surface area contributed by atoms with E-state index in [2.05, 4.69) is 23.2 Å². The number of amides is 1. The maximum absolute atomic E-state index is 11.9. The zero-order valence-corrected chi connectivity index (χ0v) is 17.6. The van der Waals surface area contributed by atoms with Gasteiger partial charge in [-0.15, -0.1) is 11.3 Å². The molecule has 1 amide bonds. The van der Waals surface area contributed by atoms with Gasteiger partial charge in [0, 0.05) is 42.2 Å². The number of ether oxygens (including phenoxy) is 1. The largest absolute Gasteiger partial charge is 0.386 e. The van der Waals surface area contributed by atoms with E-state index in [1.54, 1.807) is 7.05 Å². The topological polar surface area (TPSA) is 61.8 Å². The molecule has 1 spiro atoms. The quantitative estimate of drug-likeness (QED) is 0.794. The zero-order chi connectivity index (χ0) is 19.9. The SMILES string of the molecule is CNC(=O)c1cccc(CN2CC[C@]3(C[C@@H]2C)OC[C@H](O)c2cc(Cl)sc23)c1. The van der Waals surface area contributed by atoms with Gasteiger partial charge < -0.3 is 15.2 Å². The van der Waals surface area contributed by atoms with Crippen molar-refractivity contribution in [2.45, 2.75) is 44.1 Å². The van der Waals surface area contributed by atoms with Crippen LogP contribution in [0.2, 0.25) is 4.34 Å². The molecule has 1 aromatic heterocycles. The van der Waals surface area contributed by atoms with Gasteiger partial charge in [0.25, 0.3) is 5.91 Å². The average Bonchev–Trinajstić information content (AvgIpc) is 3.10. The fraction of sp³-hybridized carbons (Fsp3) is 0.476. The van der Waals surface area contributed by atoms with Gasteiger partial charge >= 0.3 is 0 Å². The van der Waals surface area contributed by atoms with Gasteiger partial charge in [-0.3, -0.25) is 9.69 Å². The van der Waals surface area contributed by atoms with Crippen LogP contribution in [0.15, 0.2) is 30.3 Å². The number of aliphatic hydroxyl groups is 1. The van der Waals surface area contributed by atoms with E-state index in [1.807, 2.05) is 24.3 Å². The number of carbonyl (C=O) groups is 1. The van der Waals surface area contributed by atoms with Gasteiger partial charge in [0.05, 0.1) is 10.9 Å². The summed E-state index contributed by atoms with van der Waals surface area (Å²) in [5.74, 6) is -0.0660. The number of rotatable bonds is 3. The summed E-state index contributed by atoms with van der Waals surface area (Å²) in [6, 6.07) is 9.98. The minimum absolute atomic E-state index is 0.0660. The number of carbonyl (C=O) groups excluding carboxylic acids is 1. The molecule has 5 nitrogen and oxygen atoms in total. The Labute approximate surface area is 174 Å². The average molecular weight is 421 g/mol. The number of hydrogen-bond acceptors (Lipinski definition) is 5. The second-order valence-corrected chi connectivity index (χ2v) is 9.39. The molecule has 1 fully saturated rings. The molecule has 28 heavy (non-hydrogen) atoms. The monoisotopic (exact) mass is 420 g/mol. The van der Waals surface area contributed by atoms with Gasteiger partial charge in [-0.05, 0) is 43.5 Å². The Morgan fingerprint density at radius 1 is 1.46 bits per heavy atom. The maximum Gasteiger partial charge on any atom is 0.251 e. The summed E-state index contributed by atoms with van der Waals surface area (Å²) in [4.78, 5) is 15.4. The molecule has 2 N–H and O–H groups in total. The van der Waals surface area contributed by atoms with Crippen LogP contribution < -0.4 is 5.32 Å². The highest BCUT2D eigenvalue weighted by Crippen LogP contribution is 2.50. The van der Waals surface area contributed by atoms with Gasteiger partial charge in [-0.1, -0.05) is 23.7 Å². The smallest absolute Gasteiger partial charge is 0.251 e. The van der Waals surface area contributed by atoms with Crippen LogP contribution in [0.4, 0.5) is 0 Å². The molecule has 0 unspecified atom stereocenters. The van der Waals surface area contributed by atoms with Crippen LogP contribution in [0, 0.1) is 0 Å². The molecule has 1 saturated heterocycles. The number of halogens is 1. The van der Waals surface area contributed by atoms with Gasteiger partial charge in [0.2, 0.25) is 0 Å². The maximum atomic E-state index is 11.9. The summed E-state index contributed by atoms with van der Waals surface area (Å²) in [6.45, 7) is 4.22. The first-order chi connectivity index (χ1) is 13.4. The number of nitrogens with zero attached hydrogens (tertiary/aromatic N) is 1. The zero-order valence-electron chi connectivity index (χ0n) is 16.1. The van der Waals surface area contributed by atoms with Crippen LogP contribution in [-0.4, -0.2) is 42.2 Å². The Balaban J connectivity index is 1.51. The molecule has 0 aliphatic carbocycles. The standard InChI is InChI=1S/C21H25ClN2O3S/c1-13-10-21(19-16(9-18(22)28-19)17(25)12-27-21)6-7-24(13)11-14-4-3-5-15(8-14)20(26)23-2/h3-5,8-9,13,17,25H,6-7,10-12H2,1-2H3,(H,23,26)/t13-,17-,21+/m0/s1. The molecule has 2 aliphatic heterocycles. The second kappa shape index (κ2) is 7.76. The summed E-state index contributed by atoms with van der Waals surface area (Å²) in [5.41, 5.74) is 2.39. The van der Waals surface area contributed by atoms with Crippen LogP contribution in [0.25, 0.3) is 0 Å². The van der Waals surface area contributed by atoms with Crippen LogP contribution in [0.1, 0.15) is 52.2 Å². The van der Waals surface area contributed by atoms with Crippen molar-refractivity contribution in [3.05, 3.63) is 56.2 Å². The minimum Gasteiger partial charge on any atom is -0.386 e. The number of nitrogens with one attached hydrogen (secondary N) is 1. The molecular formula is C21H25ClN2O3S. The van der Waals surface area contributed by atoms with Crippen molar-refractivity contribution in [1.29, 1.82) is 0 Å². The Morgan fingerprint density at radius 2 is 2.29 bits per heavy atom. The highest BCUT2D eigenvalue weighted by Gasteiger charge is 2.46. The third kappa shape index (κ3) is 3.60. The lowest BCUT2D eigenvalue weighted by molar-refractivity contribution is -0.139. The predicted octanol–water partition coefficient (Wildman–Crippen LogP) is 3.70. The van der Waals surface area contributed by atoms with E-state index in [0.29, 0.717) is 22.5 Å². The van der Waals surface area contributed by atoms with E-state index in [0.717, 1.165) is 41.9 Å². The molecule has 2 aliphatic rings. The fourth-order valence-electron chi connectivity index (χ4n) is 4.39. The van der Waals surface area contributed by atoms with Crippen molar-refractivity contribution >= 4 is 28.8 Å². The number of thiophene rings is 1. The van der Waals surface area contributed by atoms with Gasteiger partial charge in [0.15, 0.2) is 0 Å². The molecule has 3 heterocycles. The van der Waals surface area contributed by atoms with E-state index in [1.165, 1.54) is 11.3 Å². The third-order valence-electron chi connectivity index (χ3n) is 5.87. The Kier molecular flexibility index (Phi) is 5.51. The van der Waals surface area contributed by atoms with E-state index < -0.39 is 6.10 Å². The molecule has 0 saturated carbocycles. The van der Waals surface area contributed by atoms with Crippen LogP contribution in [0.3, 0.4) is 0 Å².